The van der Waals surface area contributed by atoms with Gasteiger partial charge in [0.05, 0.1) is 6.61 Å². The van der Waals surface area contributed by atoms with Gasteiger partial charge in [-0.05, 0) is 70.1 Å². The summed E-state index contributed by atoms with van der Waals surface area (Å²) in [6, 6.07) is 3.43. The molecule has 1 saturated carbocycles. The van der Waals surface area contributed by atoms with Crippen LogP contribution in [0.15, 0.2) is 17.0 Å². The van der Waals surface area contributed by atoms with Crippen molar-refractivity contribution >= 4 is 27.5 Å². The number of ether oxygens (including phenoxy) is 1. The third-order valence-electron chi connectivity index (χ3n) is 6.16. The van der Waals surface area contributed by atoms with Crippen LogP contribution in [0.3, 0.4) is 0 Å². The van der Waals surface area contributed by atoms with Crippen LogP contribution in [0.1, 0.15) is 51.0 Å². The second-order valence-corrected chi connectivity index (χ2v) is 10.3. The molecule has 1 spiro atoms. The molecule has 3 aliphatic rings. The Morgan fingerprint density at radius 2 is 1.89 bits per heavy atom. The van der Waals surface area contributed by atoms with Crippen LogP contribution in [0.4, 0.5) is 0 Å². The van der Waals surface area contributed by atoms with Gasteiger partial charge >= 0.3 is 0 Å². The maximum absolute atomic E-state index is 13.7. The molecule has 1 aliphatic carbocycles. The molecular weight excluding hydrogens is 400 g/mol. The normalized spacial score (nSPS) is 26.2. The molecule has 8 heteroatoms. The summed E-state index contributed by atoms with van der Waals surface area (Å²) in [4.78, 5) is 15.4. The number of halogens is 1. The molecule has 1 atom stereocenters. The molecule has 2 heterocycles. The molecule has 0 bridgehead atoms. The monoisotopic (exact) mass is 426 g/mol. The molecule has 1 unspecified atom stereocenters. The van der Waals surface area contributed by atoms with Gasteiger partial charge < -0.3 is 9.64 Å². The highest BCUT2D eigenvalue weighted by Gasteiger charge is 2.57. The van der Waals surface area contributed by atoms with Gasteiger partial charge in [0.15, 0.2) is 0 Å². The van der Waals surface area contributed by atoms with Gasteiger partial charge in [-0.25, -0.2) is 8.42 Å². The van der Waals surface area contributed by atoms with Gasteiger partial charge in [0.2, 0.25) is 15.9 Å². The van der Waals surface area contributed by atoms with Crippen LogP contribution in [0.5, 0.6) is 5.75 Å². The lowest BCUT2D eigenvalue weighted by atomic mass is 9.86. The molecule has 0 N–H and O–H groups in total. The van der Waals surface area contributed by atoms with Crippen molar-refractivity contribution in [2.75, 3.05) is 19.7 Å². The van der Waals surface area contributed by atoms with E-state index in [2.05, 4.69) is 0 Å². The molecule has 6 nitrogen and oxygen atoms in total. The van der Waals surface area contributed by atoms with Crippen LogP contribution in [0, 0.1) is 6.92 Å². The summed E-state index contributed by atoms with van der Waals surface area (Å²) in [6.45, 7) is 5.07. The predicted octanol–water partition coefficient (Wildman–Crippen LogP) is 3.36. The first-order valence-electron chi connectivity index (χ1n) is 10.1. The molecule has 0 radical (unpaired) electrons. The highest BCUT2D eigenvalue weighted by molar-refractivity contribution is 7.89. The van der Waals surface area contributed by atoms with E-state index in [-0.39, 0.29) is 10.8 Å². The Morgan fingerprint density at radius 3 is 2.54 bits per heavy atom. The topological polar surface area (TPSA) is 66.9 Å². The van der Waals surface area contributed by atoms with Crippen molar-refractivity contribution in [2.24, 2.45) is 0 Å². The molecule has 28 heavy (non-hydrogen) atoms. The van der Waals surface area contributed by atoms with Crippen molar-refractivity contribution in [3.8, 4) is 5.75 Å². The minimum absolute atomic E-state index is 0.0153. The average molecular weight is 427 g/mol. The Balaban J connectivity index is 1.77. The first kappa shape index (κ1) is 20.0. The minimum atomic E-state index is -3.92. The molecule has 1 amide bonds. The van der Waals surface area contributed by atoms with E-state index < -0.39 is 15.6 Å². The average Bonchev–Trinajstić information content (AvgIpc) is 3.40. The SMILES string of the molecule is CCOc1cc(C)c(Cl)cc1S(=O)(=O)N1CCCC12CCCN(C1CC1)C2=O. The summed E-state index contributed by atoms with van der Waals surface area (Å²) in [7, 11) is -3.92. The highest BCUT2D eigenvalue weighted by atomic mass is 35.5. The summed E-state index contributed by atoms with van der Waals surface area (Å²) < 4.78 is 34.5. The van der Waals surface area contributed by atoms with Crippen LogP contribution in [0.2, 0.25) is 5.02 Å². The second-order valence-electron chi connectivity index (χ2n) is 8.03. The van der Waals surface area contributed by atoms with E-state index >= 15 is 0 Å². The quantitative estimate of drug-likeness (QED) is 0.724. The maximum Gasteiger partial charge on any atom is 0.247 e. The minimum Gasteiger partial charge on any atom is -0.492 e. The number of amides is 1. The lowest BCUT2D eigenvalue weighted by Crippen LogP contribution is -2.61. The first-order valence-corrected chi connectivity index (χ1v) is 11.9. The molecule has 1 aromatic carbocycles. The number of hydrogen-bond donors (Lipinski definition) is 0. The Morgan fingerprint density at radius 1 is 1.21 bits per heavy atom. The molecule has 0 aromatic heterocycles. The Labute approximate surface area is 171 Å². The Bertz CT molecular complexity index is 900. The van der Waals surface area contributed by atoms with E-state index in [0.29, 0.717) is 49.2 Å². The van der Waals surface area contributed by atoms with Gasteiger partial charge in [-0.3, -0.25) is 4.79 Å². The molecule has 4 rings (SSSR count). The molecule has 154 valence electrons. The van der Waals surface area contributed by atoms with Crippen molar-refractivity contribution < 1.29 is 17.9 Å². The van der Waals surface area contributed by atoms with Crippen molar-refractivity contribution in [3.63, 3.8) is 0 Å². The number of piperidine rings is 1. The number of carbonyl (C=O) groups is 1. The first-order chi connectivity index (χ1) is 13.3. The fourth-order valence-corrected chi connectivity index (χ4v) is 6.84. The smallest absolute Gasteiger partial charge is 0.247 e. The molecule has 3 fully saturated rings. The van der Waals surface area contributed by atoms with Crippen molar-refractivity contribution in [1.29, 1.82) is 0 Å². The number of carbonyl (C=O) groups excluding carboxylic acids is 1. The summed E-state index contributed by atoms with van der Waals surface area (Å²) in [5, 5.41) is 0.379. The van der Waals surface area contributed by atoms with Crippen LogP contribution in [-0.4, -0.2) is 54.8 Å². The van der Waals surface area contributed by atoms with Crippen LogP contribution < -0.4 is 4.74 Å². The number of aryl methyl sites for hydroxylation is 1. The van der Waals surface area contributed by atoms with Crippen LogP contribution in [0.25, 0.3) is 0 Å². The summed E-state index contributed by atoms with van der Waals surface area (Å²) in [5.74, 6) is 0.284. The van der Waals surface area contributed by atoms with Crippen molar-refractivity contribution in [3.05, 3.63) is 22.7 Å². The van der Waals surface area contributed by atoms with Crippen molar-refractivity contribution in [1.82, 2.24) is 9.21 Å². The fourth-order valence-electron chi connectivity index (χ4n) is 4.64. The number of likely N-dealkylation sites (tertiary alicyclic amines) is 1. The zero-order valence-corrected chi connectivity index (χ0v) is 18.0. The lowest BCUT2D eigenvalue weighted by Gasteiger charge is -2.44. The van der Waals surface area contributed by atoms with E-state index in [1.54, 1.807) is 6.07 Å². The second kappa shape index (κ2) is 7.18. The van der Waals surface area contributed by atoms with Gasteiger partial charge in [0.25, 0.3) is 0 Å². The number of nitrogens with zero attached hydrogens (tertiary/aromatic N) is 2. The summed E-state index contributed by atoms with van der Waals surface area (Å²) in [5.41, 5.74) is -0.200. The zero-order valence-electron chi connectivity index (χ0n) is 16.4. The summed E-state index contributed by atoms with van der Waals surface area (Å²) in [6.07, 6.45) is 4.73. The van der Waals surface area contributed by atoms with Gasteiger partial charge in [-0.1, -0.05) is 11.6 Å². The molecule has 2 aliphatic heterocycles. The number of benzene rings is 1. The van der Waals surface area contributed by atoms with E-state index in [9.17, 15) is 13.2 Å². The predicted molar refractivity (Wildman–Crippen MR) is 107 cm³/mol. The largest absolute Gasteiger partial charge is 0.492 e. The van der Waals surface area contributed by atoms with Crippen LogP contribution in [-0.2, 0) is 14.8 Å². The van der Waals surface area contributed by atoms with Gasteiger partial charge in [0, 0.05) is 24.2 Å². The fraction of sp³-hybridized carbons (Fsp3) is 0.650. The van der Waals surface area contributed by atoms with E-state index in [1.165, 1.54) is 10.4 Å². The third kappa shape index (κ3) is 3.12. The molecule has 1 aromatic rings. The number of sulfonamides is 1. The van der Waals surface area contributed by atoms with E-state index in [1.807, 2.05) is 18.7 Å². The highest BCUT2D eigenvalue weighted by Crippen LogP contribution is 2.45. The standard InChI is InChI=1S/C20H27ClN2O4S/c1-3-27-17-12-14(2)16(21)13-18(17)28(25,26)23-11-5-9-20(23)8-4-10-22(19(20)24)15-6-7-15/h12-13,15H,3-11H2,1-2H3. The third-order valence-corrected chi connectivity index (χ3v) is 8.55. The van der Waals surface area contributed by atoms with Gasteiger partial charge in [-0.2, -0.15) is 4.31 Å². The Kier molecular flexibility index (Phi) is 5.13. The van der Waals surface area contributed by atoms with Crippen LogP contribution >= 0.6 is 11.6 Å². The maximum atomic E-state index is 13.7. The number of rotatable bonds is 5. The number of hydrogen-bond acceptors (Lipinski definition) is 4. The molecular formula is C20H27ClN2O4S. The lowest BCUT2D eigenvalue weighted by molar-refractivity contribution is -0.145. The zero-order chi connectivity index (χ0) is 20.1. The molecule has 2 saturated heterocycles. The van der Waals surface area contributed by atoms with Gasteiger partial charge in [0.1, 0.15) is 16.2 Å². The summed E-state index contributed by atoms with van der Waals surface area (Å²) >= 11 is 6.26. The van der Waals surface area contributed by atoms with E-state index in [4.69, 9.17) is 16.3 Å². The van der Waals surface area contributed by atoms with Gasteiger partial charge in [-0.15, -0.1) is 0 Å². The van der Waals surface area contributed by atoms with E-state index in [0.717, 1.165) is 31.4 Å². The Hall–Kier alpha value is -1.31. The van der Waals surface area contributed by atoms with Crippen molar-refractivity contribution in [2.45, 2.75) is 68.8 Å².